The van der Waals surface area contributed by atoms with Crippen molar-refractivity contribution in [3.63, 3.8) is 0 Å². The van der Waals surface area contributed by atoms with Crippen molar-refractivity contribution in [2.75, 3.05) is 26.8 Å². The van der Waals surface area contributed by atoms with Crippen molar-refractivity contribution in [3.8, 4) is 0 Å². The average molecular weight is 420 g/mol. The summed E-state index contributed by atoms with van der Waals surface area (Å²) in [5, 5.41) is 0. The van der Waals surface area contributed by atoms with Gasteiger partial charge in [-0.05, 0) is 49.1 Å². The Hall–Kier alpha value is -1.82. The highest BCUT2D eigenvalue weighted by molar-refractivity contribution is 5.85. The van der Waals surface area contributed by atoms with Crippen LogP contribution in [0.1, 0.15) is 65.5 Å². The van der Waals surface area contributed by atoms with Gasteiger partial charge >= 0.3 is 0 Å². The maximum atomic E-state index is 13.2. The van der Waals surface area contributed by atoms with Gasteiger partial charge in [0.15, 0.2) is 0 Å². The van der Waals surface area contributed by atoms with Gasteiger partial charge in [0.1, 0.15) is 0 Å². The van der Waals surface area contributed by atoms with E-state index in [-0.39, 0.29) is 23.8 Å². The third-order valence-electron chi connectivity index (χ3n) is 5.63. The predicted molar refractivity (Wildman–Crippen MR) is 120 cm³/mol. The lowest BCUT2D eigenvalue weighted by Gasteiger charge is -2.29. The Kier molecular flexibility index (Phi) is 8.95. The van der Waals surface area contributed by atoms with E-state index in [1.165, 1.54) is 0 Å². The summed E-state index contributed by atoms with van der Waals surface area (Å²) in [6.07, 6.45) is 6.32. The molecule has 0 aromatic carbocycles. The fourth-order valence-corrected chi connectivity index (χ4v) is 4.13. The Labute approximate surface area is 182 Å². The number of methoxy groups -OCH3 is 1. The summed E-state index contributed by atoms with van der Waals surface area (Å²) in [6, 6.07) is 4.36. The normalized spacial score (nSPS) is 15.1. The topological polar surface area (TPSA) is 54.8 Å². The summed E-state index contributed by atoms with van der Waals surface area (Å²) in [7, 11) is 3.67. The average Bonchev–Trinajstić information content (AvgIpc) is 3.39. The molecule has 0 bridgehead atoms. The number of amides is 2. The molecule has 1 fully saturated rings. The minimum atomic E-state index is 0.0490. The molecule has 1 atom stereocenters. The van der Waals surface area contributed by atoms with Gasteiger partial charge in [0.05, 0.1) is 13.1 Å². The summed E-state index contributed by atoms with van der Waals surface area (Å²) in [4.78, 5) is 30.0. The van der Waals surface area contributed by atoms with Gasteiger partial charge in [-0.15, -0.1) is 0 Å². The number of nitrogens with zero attached hydrogens (tertiary/aromatic N) is 3. The molecule has 2 rings (SSSR count). The van der Waals surface area contributed by atoms with Crippen LogP contribution in [0.4, 0.5) is 0 Å². The predicted octanol–water partition coefficient (Wildman–Crippen LogP) is 3.84. The van der Waals surface area contributed by atoms with Crippen LogP contribution in [0.5, 0.6) is 0 Å². The Morgan fingerprint density at radius 1 is 1.27 bits per heavy atom. The van der Waals surface area contributed by atoms with Crippen molar-refractivity contribution in [2.24, 2.45) is 18.4 Å². The Morgan fingerprint density at radius 2 is 1.97 bits per heavy atom. The second-order valence-electron chi connectivity index (χ2n) is 10.1. The molecule has 0 radical (unpaired) electrons. The van der Waals surface area contributed by atoms with Gasteiger partial charge in [0.25, 0.3) is 0 Å². The smallest absolute Gasteiger partial charge is 0.242 e. The lowest BCUT2D eigenvalue weighted by Crippen LogP contribution is -2.44. The highest BCUT2D eigenvalue weighted by Gasteiger charge is 2.34. The van der Waals surface area contributed by atoms with E-state index in [4.69, 9.17) is 4.74 Å². The second kappa shape index (κ2) is 11.0. The molecule has 1 unspecified atom stereocenters. The number of carbonyl (C=O) groups is 2. The Morgan fingerprint density at radius 3 is 2.50 bits per heavy atom. The van der Waals surface area contributed by atoms with Gasteiger partial charge in [-0.2, -0.15) is 0 Å². The Balaban J connectivity index is 2.02. The Bertz CT molecular complexity index is 688. The third kappa shape index (κ3) is 8.13. The second-order valence-corrected chi connectivity index (χ2v) is 10.1. The van der Waals surface area contributed by atoms with E-state index in [0.717, 1.165) is 31.4 Å². The van der Waals surface area contributed by atoms with E-state index in [2.05, 4.69) is 38.3 Å². The number of ether oxygens (including phenoxy) is 1. The van der Waals surface area contributed by atoms with Crippen LogP contribution >= 0.6 is 0 Å². The van der Waals surface area contributed by atoms with Crippen molar-refractivity contribution < 1.29 is 14.3 Å². The van der Waals surface area contributed by atoms with Crippen LogP contribution in [0.3, 0.4) is 0 Å². The van der Waals surface area contributed by atoms with E-state index in [1.807, 2.05) is 24.2 Å². The van der Waals surface area contributed by atoms with Crippen LogP contribution in [-0.4, -0.2) is 59.0 Å². The first kappa shape index (κ1) is 24.4. The third-order valence-corrected chi connectivity index (χ3v) is 5.63. The first-order chi connectivity index (χ1) is 14.1. The zero-order chi connectivity index (χ0) is 22.3. The van der Waals surface area contributed by atoms with Crippen LogP contribution in [0, 0.1) is 11.3 Å². The van der Waals surface area contributed by atoms with Gasteiger partial charge in [0, 0.05) is 51.7 Å². The van der Waals surface area contributed by atoms with E-state index in [0.29, 0.717) is 38.1 Å². The first-order valence-corrected chi connectivity index (χ1v) is 11.3. The van der Waals surface area contributed by atoms with Gasteiger partial charge in [-0.25, -0.2) is 0 Å². The van der Waals surface area contributed by atoms with Gasteiger partial charge in [0.2, 0.25) is 11.8 Å². The molecule has 0 aliphatic heterocycles. The SMILES string of the molecule is COCCCN(CC(=O)N(Cc1cccn1C)C1CC1)C(=O)CC(C)CC(C)(C)C. The number of aromatic nitrogens is 1. The van der Waals surface area contributed by atoms with Crippen LogP contribution in [-0.2, 0) is 27.9 Å². The van der Waals surface area contributed by atoms with Crippen molar-refractivity contribution in [1.82, 2.24) is 14.4 Å². The molecule has 1 aromatic heterocycles. The lowest BCUT2D eigenvalue weighted by molar-refractivity contribution is -0.142. The number of carbonyl (C=O) groups excluding carboxylic acids is 2. The standard InChI is InChI=1S/C24H41N3O3/c1-19(16-24(2,3)4)15-22(28)26(13-8-14-30-6)18-23(29)27(20-10-11-20)17-21-9-7-12-25(21)5/h7,9,12,19-20H,8,10-11,13-18H2,1-6H3. The molecular formula is C24H41N3O3. The largest absolute Gasteiger partial charge is 0.385 e. The molecule has 6 heteroatoms. The van der Waals surface area contributed by atoms with Gasteiger partial charge < -0.3 is 19.1 Å². The molecule has 1 aliphatic rings. The molecule has 170 valence electrons. The number of hydrogen-bond donors (Lipinski definition) is 0. The van der Waals surface area contributed by atoms with Crippen LogP contribution in [0.2, 0.25) is 0 Å². The molecule has 1 aliphatic carbocycles. The van der Waals surface area contributed by atoms with Crippen LogP contribution in [0.25, 0.3) is 0 Å². The quantitative estimate of drug-likeness (QED) is 0.484. The molecule has 30 heavy (non-hydrogen) atoms. The summed E-state index contributed by atoms with van der Waals surface area (Å²) < 4.78 is 7.22. The maximum absolute atomic E-state index is 13.2. The van der Waals surface area contributed by atoms with Crippen molar-refractivity contribution in [1.29, 1.82) is 0 Å². The maximum Gasteiger partial charge on any atom is 0.242 e. The number of hydrogen-bond acceptors (Lipinski definition) is 3. The molecule has 1 aromatic rings. The van der Waals surface area contributed by atoms with Crippen LogP contribution in [0.15, 0.2) is 18.3 Å². The summed E-state index contributed by atoms with van der Waals surface area (Å²) >= 11 is 0. The van der Waals surface area contributed by atoms with Crippen molar-refractivity contribution in [2.45, 2.75) is 72.4 Å². The molecular weight excluding hydrogens is 378 g/mol. The van der Waals surface area contributed by atoms with E-state index in [1.54, 1.807) is 12.0 Å². The lowest BCUT2D eigenvalue weighted by atomic mass is 9.84. The number of rotatable bonds is 12. The molecule has 0 N–H and O–H groups in total. The molecule has 1 heterocycles. The van der Waals surface area contributed by atoms with E-state index in [9.17, 15) is 9.59 Å². The fraction of sp³-hybridized carbons (Fsp3) is 0.750. The number of aryl methyl sites for hydroxylation is 1. The highest BCUT2D eigenvalue weighted by atomic mass is 16.5. The molecule has 1 saturated carbocycles. The summed E-state index contributed by atoms with van der Waals surface area (Å²) in [5.74, 6) is 0.416. The van der Waals surface area contributed by atoms with E-state index < -0.39 is 0 Å². The molecule has 2 amide bonds. The zero-order valence-corrected chi connectivity index (χ0v) is 19.8. The molecule has 6 nitrogen and oxygen atoms in total. The minimum absolute atomic E-state index is 0.0490. The van der Waals surface area contributed by atoms with E-state index >= 15 is 0 Å². The van der Waals surface area contributed by atoms with Gasteiger partial charge in [-0.1, -0.05) is 27.7 Å². The highest BCUT2D eigenvalue weighted by Crippen LogP contribution is 2.29. The minimum Gasteiger partial charge on any atom is -0.385 e. The van der Waals surface area contributed by atoms with Crippen LogP contribution < -0.4 is 0 Å². The fourth-order valence-electron chi connectivity index (χ4n) is 4.13. The zero-order valence-electron chi connectivity index (χ0n) is 19.8. The van der Waals surface area contributed by atoms with Crippen molar-refractivity contribution >= 4 is 11.8 Å². The van der Waals surface area contributed by atoms with Crippen molar-refractivity contribution in [3.05, 3.63) is 24.0 Å². The molecule has 0 spiro atoms. The summed E-state index contributed by atoms with van der Waals surface area (Å²) in [5.41, 5.74) is 1.31. The summed E-state index contributed by atoms with van der Waals surface area (Å²) in [6.45, 7) is 10.6. The van der Waals surface area contributed by atoms with Gasteiger partial charge in [-0.3, -0.25) is 9.59 Å². The first-order valence-electron chi connectivity index (χ1n) is 11.3. The monoisotopic (exact) mass is 419 g/mol. The molecule has 0 saturated heterocycles.